The Hall–Kier alpha value is -2.87. The summed E-state index contributed by atoms with van der Waals surface area (Å²) in [6, 6.07) is 24.5. The number of para-hydroxylation sites is 1. The first kappa shape index (κ1) is 17.9. The fraction of sp³-hybridized carbons (Fsp3) is 0.208. The maximum Gasteiger partial charge on any atom is 0.258 e. The molecule has 0 radical (unpaired) electrons. The molecule has 0 aliphatic carbocycles. The summed E-state index contributed by atoms with van der Waals surface area (Å²) >= 11 is 0. The van der Waals surface area contributed by atoms with E-state index in [0.29, 0.717) is 0 Å². The van der Waals surface area contributed by atoms with Gasteiger partial charge in [-0.3, -0.25) is 4.79 Å². The third kappa shape index (κ3) is 3.85. The third-order valence-corrected chi connectivity index (χ3v) is 4.86. The van der Waals surface area contributed by atoms with Gasteiger partial charge in [-0.05, 0) is 55.0 Å². The second-order valence-corrected chi connectivity index (χ2v) is 6.75. The summed E-state index contributed by atoms with van der Waals surface area (Å²) in [6.45, 7) is 4.05. The van der Waals surface area contributed by atoms with Crippen LogP contribution in [0.4, 0.5) is 5.69 Å². The van der Waals surface area contributed by atoms with Crippen LogP contribution in [0.3, 0.4) is 0 Å². The Morgan fingerprint density at radius 2 is 1.42 bits per heavy atom. The highest BCUT2D eigenvalue weighted by Gasteiger charge is 2.19. The number of amides is 1. The number of carbonyl (C=O) groups is 1. The highest BCUT2D eigenvalue weighted by Crippen LogP contribution is 2.27. The lowest BCUT2D eigenvalue weighted by molar-refractivity contribution is 0.0992. The van der Waals surface area contributed by atoms with Gasteiger partial charge in [0.05, 0.1) is 0 Å². The maximum absolute atomic E-state index is 13.1. The van der Waals surface area contributed by atoms with Gasteiger partial charge in [-0.1, -0.05) is 66.7 Å². The van der Waals surface area contributed by atoms with Gasteiger partial charge in [0, 0.05) is 18.3 Å². The summed E-state index contributed by atoms with van der Waals surface area (Å²) in [5.41, 5.74) is 6.43. The van der Waals surface area contributed by atoms with Crippen molar-refractivity contribution in [3.63, 3.8) is 0 Å². The van der Waals surface area contributed by atoms with E-state index in [1.165, 1.54) is 11.1 Å². The van der Waals surface area contributed by atoms with Gasteiger partial charge in [0.1, 0.15) is 0 Å². The molecule has 26 heavy (non-hydrogen) atoms. The van der Waals surface area contributed by atoms with Crippen LogP contribution in [0.25, 0.3) is 0 Å². The minimum Gasteiger partial charge on any atom is -0.311 e. The Labute approximate surface area is 156 Å². The van der Waals surface area contributed by atoms with Crippen molar-refractivity contribution in [1.82, 2.24) is 0 Å². The zero-order chi connectivity index (χ0) is 18.5. The van der Waals surface area contributed by atoms with Gasteiger partial charge in [-0.2, -0.15) is 0 Å². The molecule has 3 aromatic carbocycles. The maximum atomic E-state index is 13.1. The van der Waals surface area contributed by atoms with Crippen LogP contribution >= 0.6 is 0 Å². The summed E-state index contributed by atoms with van der Waals surface area (Å²) in [6.07, 6.45) is 1.87. The predicted molar refractivity (Wildman–Crippen MR) is 109 cm³/mol. The second kappa shape index (κ2) is 8.01. The standard InChI is InChI=1S/C24H25NO/c1-18-10-7-8-15-22(18)24(26)25(3)23-19(2)11-9-14-21(23)17-16-20-12-5-4-6-13-20/h4-15H,16-17H2,1-3H3. The quantitative estimate of drug-likeness (QED) is 0.610. The Morgan fingerprint density at radius 1 is 0.769 bits per heavy atom. The van der Waals surface area contributed by atoms with E-state index < -0.39 is 0 Å². The normalized spacial score (nSPS) is 10.6. The number of aryl methyl sites for hydroxylation is 4. The van der Waals surface area contributed by atoms with Crippen LogP contribution in [-0.4, -0.2) is 13.0 Å². The zero-order valence-electron chi connectivity index (χ0n) is 15.7. The molecule has 0 bridgehead atoms. The van der Waals surface area contributed by atoms with E-state index in [1.807, 2.05) is 44.3 Å². The second-order valence-electron chi connectivity index (χ2n) is 6.75. The summed E-state index contributed by atoms with van der Waals surface area (Å²) in [5.74, 6) is 0.0401. The van der Waals surface area contributed by atoms with Crippen molar-refractivity contribution in [3.8, 4) is 0 Å². The van der Waals surface area contributed by atoms with Crippen molar-refractivity contribution in [1.29, 1.82) is 0 Å². The number of rotatable bonds is 5. The van der Waals surface area contributed by atoms with Crippen LogP contribution in [0.2, 0.25) is 0 Å². The average molecular weight is 343 g/mol. The number of anilines is 1. The van der Waals surface area contributed by atoms with Crippen LogP contribution in [-0.2, 0) is 12.8 Å². The molecule has 132 valence electrons. The van der Waals surface area contributed by atoms with E-state index in [4.69, 9.17) is 0 Å². The van der Waals surface area contributed by atoms with Crippen LogP contribution in [0, 0.1) is 13.8 Å². The highest BCUT2D eigenvalue weighted by atomic mass is 16.2. The highest BCUT2D eigenvalue weighted by molar-refractivity contribution is 6.07. The molecule has 0 N–H and O–H groups in total. The van der Waals surface area contributed by atoms with E-state index in [9.17, 15) is 4.79 Å². The molecule has 0 spiro atoms. The molecule has 3 aromatic rings. The zero-order valence-corrected chi connectivity index (χ0v) is 15.7. The Balaban J connectivity index is 1.89. The first-order valence-electron chi connectivity index (χ1n) is 9.04. The fourth-order valence-corrected chi connectivity index (χ4v) is 3.42. The van der Waals surface area contributed by atoms with E-state index >= 15 is 0 Å². The largest absolute Gasteiger partial charge is 0.311 e. The minimum absolute atomic E-state index is 0.0401. The molecule has 0 fully saturated rings. The molecule has 2 heteroatoms. The number of carbonyl (C=O) groups excluding carboxylic acids is 1. The van der Waals surface area contributed by atoms with Gasteiger partial charge in [-0.15, -0.1) is 0 Å². The lowest BCUT2D eigenvalue weighted by Gasteiger charge is -2.24. The molecule has 0 aliphatic heterocycles. The number of hydrogen-bond acceptors (Lipinski definition) is 1. The lowest BCUT2D eigenvalue weighted by atomic mass is 9.99. The minimum atomic E-state index is 0.0401. The molecule has 0 saturated heterocycles. The van der Waals surface area contributed by atoms with Gasteiger partial charge >= 0.3 is 0 Å². The molecule has 0 saturated carbocycles. The van der Waals surface area contributed by atoms with Gasteiger partial charge in [-0.25, -0.2) is 0 Å². The van der Waals surface area contributed by atoms with Crippen LogP contribution in [0.5, 0.6) is 0 Å². The van der Waals surface area contributed by atoms with E-state index in [1.54, 1.807) is 4.90 Å². The molecule has 2 nitrogen and oxygen atoms in total. The number of nitrogens with zero attached hydrogens (tertiary/aromatic N) is 1. The van der Waals surface area contributed by atoms with Gasteiger partial charge in [0.15, 0.2) is 0 Å². The molecular weight excluding hydrogens is 318 g/mol. The predicted octanol–water partition coefficient (Wildman–Crippen LogP) is 5.37. The molecule has 3 rings (SSSR count). The van der Waals surface area contributed by atoms with E-state index in [-0.39, 0.29) is 5.91 Å². The first-order chi connectivity index (χ1) is 12.6. The summed E-state index contributed by atoms with van der Waals surface area (Å²) in [4.78, 5) is 14.9. The van der Waals surface area contributed by atoms with Crippen LogP contribution in [0.15, 0.2) is 72.8 Å². The van der Waals surface area contributed by atoms with Crippen molar-refractivity contribution in [2.45, 2.75) is 26.7 Å². The molecule has 0 unspecified atom stereocenters. The topological polar surface area (TPSA) is 20.3 Å². The summed E-state index contributed by atoms with van der Waals surface area (Å²) in [7, 11) is 1.88. The number of hydrogen-bond donors (Lipinski definition) is 0. The Kier molecular flexibility index (Phi) is 5.52. The fourth-order valence-electron chi connectivity index (χ4n) is 3.42. The number of benzene rings is 3. The van der Waals surface area contributed by atoms with Gasteiger partial charge in [0.2, 0.25) is 0 Å². The van der Waals surface area contributed by atoms with Crippen molar-refractivity contribution in [2.75, 3.05) is 11.9 Å². The van der Waals surface area contributed by atoms with Gasteiger partial charge < -0.3 is 4.90 Å². The third-order valence-electron chi connectivity index (χ3n) is 4.86. The lowest BCUT2D eigenvalue weighted by Crippen LogP contribution is -2.28. The molecule has 0 atom stereocenters. The molecule has 0 heterocycles. The Morgan fingerprint density at radius 3 is 2.15 bits per heavy atom. The average Bonchev–Trinajstić information content (AvgIpc) is 2.66. The SMILES string of the molecule is Cc1ccccc1C(=O)N(C)c1c(C)cccc1CCc1ccccc1. The van der Waals surface area contributed by atoms with Crippen molar-refractivity contribution in [3.05, 3.63) is 101 Å². The monoisotopic (exact) mass is 343 g/mol. The Bertz CT molecular complexity index is 899. The smallest absolute Gasteiger partial charge is 0.258 e. The van der Waals surface area contributed by atoms with Crippen molar-refractivity contribution in [2.24, 2.45) is 0 Å². The molecule has 0 aromatic heterocycles. The van der Waals surface area contributed by atoms with Crippen LogP contribution in [0.1, 0.15) is 32.6 Å². The molecule has 0 aliphatic rings. The van der Waals surface area contributed by atoms with E-state index in [0.717, 1.165) is 35.2 Å². The van der Waals surface area contributed by atoms with Gasteiger partial charge in [0.25, 0.3) is 5.91 Å². The van der Waals surface area contributed by atoms with E-state index in [2.05, 4.69) is 49.4 Å². The first-order valence-corrected chi connectivity index (χ1v) is 9.04. The summed E-state index contributed by atoms with van der Waals surface area (Å²) in [5, 5.41) is 0. The summed E-state index contributed by atoms with van der Waals surface area (Å²) < 4.78 is 0. The molecular formula is C24H25NO. The molecule has 1 amide bonds. The van der Waals surface area contributed by atoms with Crippen LogP contribution < -0.4 is 4.90 Å². The van der Waals surface area contributed by atoms with Crippen molar-refractivity contribution >= 4 is 11.6 Å². The van der Waals surface area contributed by atoms with Crippen molar-refractivity contribution < 1.29 is 4.79 Å².